The van der Waals surface area contributed by atoms with Crippen molar-refractivity contribution >= 4 is 51.0 Å². The van der Waals surface area contributed by atoms with Gasteiger partial charge in [-0.25, -0.2) is 28.8 Å². The van der Waals surface area contributed by atoms with Crippen molar-refractivity contribution in [1.82, 2.24) is 0 Å². The normalized spacial score (nSPS) is 10.4. The fraction of sp³-hybridized carbons (Fsp3) is 0. The molecule has 6 aromatic rings. The van der Waals surface area contributed by atoms with Crippen LogP contribution in [-0.2, 0) is 26.0 Å². The van der Waals surface area contributed by atoms with Crippen LogP contribution in [0.1, 0.15) is 62.1 Å². The molecule has 0 saturated heterocycles. The molecule has 0 bridgehead atoms. The Labute approximate surface area is 332 Å². The van der Waals surface area contributed by atoms with Gasteiger partial charge in [-0.3, -0.25) is 14.7 Å². The predicted octanol–water partition coefficient (Wildman–Crippen LogP) is 7.43. The first-order chi connectivity index (χ1) is 28.2. The maximum atomic E-state index is 14.0. The van der Waals surface area contributed by atoms with Gasteiger partial charge in [0.1, 0.15) is 0 Å². The average molecular weight is 799 g/mol. The number of carbonyl (C=O) groups is 6. The molecule has 0 fully saturated rings. The van der Waals surface area contributed by atoms with E-state index in [4.69, 9.17) is 27.1 Å². The topological polar surface area (TPSA) is 218 Å². The fourth-order valence-corrected chi connectivity index (χ4v) is 7.10. The van der Waals surface area contributed by atoms with Gasteiger partial charge in [0, 0.05) is 0 Å². The van der Waals surface area contributed by atoms with Crippen LogP contribution in [0.3, 0.4) is 0 Å². The molecule has 288 valence electrons. The van der Waals surface area contributed by atoms with Crippen molar-refractivity contribution in [2.75, 3.05) is 0 Å². The summed E-state index contributed by atoms with van der Waals surface area (Å²) in [5, 5.41) is 27.3. The van der Waals surface area contributed by atoms with Gasteiger partial charge in [0.2, 0.25) is 0 Å². The molecule has 0 amide bonds. The zero-order valence-electron chi connectivity index (χ0n) is 29.7. The highest BCUT2D eigenvalue weighted by Gasteiger charge is 2.50. The van der Waals surface area contributed by atoms with E-state index < -0.39 is 51.0 Å². The van der Waals surface area contributed by atoms with E-state index in [-0.39, 0.29) is 66.8 Å². The Kier molecular flexibility index (Phi) is 12.8. The molecule has 16 heteroatoms. The third-order valence-electron chi connectivity index (χ3n) is 8.61. The molecular formula is C42H27AlO15. The number of rotatable bonds is 12. The summed E-state index contributed by atoms with van der Waals surface area (Å²) in [6, 6.07) is 35.3. The first-order valence-corrected chi connectivity index (χ1v) is 18.3. The second-order valence-electron chi connectivity index (χ2n) is 11.9. The van der Waals surface area contributed by atoms with Gasteiger partial charge >= 0.3 is 51.0 Å². The summed E-state index contributed by atoms with van der Waals surface area (Å²) in [6.45, 7) is 0. The smallest absolute Gasteiger partial charge is 0.547 e. The molecule has 0 atom stereocenters. The van der Waals surface area contributed by atoms with Crippen LogP contribution in [0.4, 0.5) is 0 Å². The first-order valence-electron chi connectivity index (χ1n) is 16.9. The third kappa shape index (κ3) is 8.67. The van der Waals surface area contributed by atoms with Crippen molar-refractivity contribution in [3.8, 4) is 33.4 Å². The lowest BCUT2D eigenvalue weighted by molar-refractivity contribution is -0.182. The van der Waals surface area contributed by atoms with Crippen LogP contribution < -0.4 is 0 Å². The molecule has 0 aliphatic rings. The number of hydrogen-bond acceptors (Lipinski definition) is 15. The molecule has 15 nitrogen and oxygen atoms in total. The first kappa shape index (κ1) is 40.2. The Hall–Kier alpha value is -7.45. The van der Waals surface area contributed by atoms with Crippen LogP contribution >= 0.6 is 0 Å². The number of carbonyl (C=O) groups excluding carboxylic acids is 6. The second kappa shape index (κ2) is 18.5. The molecule has 0 unspecified atom stereocenters. The summed E-state index contributed by atoms with van der Waals surface area (Å²) < 4.78 is 17.1. The van der Waals surface area contributed by atoms with Crippen LogP contribution in [0.15, 0.2) is 146 Å². The maximum absolute atomic E-state index is 14.0. The Morgan fingerprint density at radius 2 is 0.466 bits per heavy atom. The Morgan fingerprint density at radius 1 is 0.293 bits per heavy atom. The average Bonchev–Trinajstić information content (AvgIpc) is 3.28. The second-order valence-corrected chi connectivity index (χ2v) is 13.2. The van der Waals surface area contributed by atoms with Crippen molar-refractivity contribution < 1.29 is 70.6 Å². The minimum atomic E-state index is -4.32. The Balaban J connectivity index is 1.40. The zero-order valence-corrected chi connectivity index (χ0v) is 30.8. The monoisotopic (exact) mass is 798 g/mol. The van der Waals surface area contributed by atoms with E-state index in [0.29, 0.717) is 0 Å². The molecule has 6 aromatic carbocycles. The van der Waals surface area contributed by atoms with E-state index in [1.807, 2.05) is 0 Å². The zero-order chi connectivity index (χ0) is 41.2. The lowest BCUT2D eigenvalue weighted by atomic mass is 9.95. The third-order valence-corrected chi connectivity index (χ3v) is 9.83. The molecule has 0 spiro atoms. The molecular weight excluding hydrogens is 771 g/mol. The minimum absolute atomic E-state index is 0.110. The summed E-state index contributed by atoms with van der Waals surface area (Å²) in [7, 11) is 0. The lowest BCUT2D eigenvalue weighted by Gasteiger charge is -2.18. The van der Waals surface area contributed by atoms with Crippen molar-refractivity contribution in [2.45, 2.75) is 0 Å². The molecule has 0 radical (unpaired) electrons. The number of hydrogen-bond donors (Lipinski definition) is 3. The van der Waals surface area contributed by atoms with E-state index in [2.05, 4.69) is 14.7 Å². The number of benzene rings is 6. The maximum Gasteiger partial charge on any atom is 1.20 e. The van der Waals surface area contributed by atoms with Crippen LogP contribution in [-0.4, -0.2) is 66.7 Å². The largest absolute Gasteiger partial charge is 1.20 e. The van der Waals surface area contributed by atoms with Gasteiger partial charge in [0.25, 0.3) is 0 Å². The summed E-state index contributed by atoms with van der Waals surface area (Å²) in [5.74, 6) is -6.78. The predicted molar refractivity (Wildman–Crippen MR) is 202 cm³/mol. The SMILES string of the molecule is O=C(OO)c1ccccc1-c1ccccc1C(=O)[O][Al]([O]C(=O)c1ccccc1-c1ccccc1C(=O)OO)[O]C(=O)c1ccccc1-c1ccccc1C(=O)OO. The molecule has 0 aliphatic heterocycles. The van der Waals surface area contributed by atoms with Gasteiger partial charge in [0.05, 0.1) is 33.4 Å². The van der Waals surface area contributed by atoms with Crippen LogP contribution in [0.2, 0.25) is 0 Å². The standard InChI is InChI=1S/3C14H10O5.Al/c3*15-13(16)11-7-3-1-5-9(11)10-6-2-4-8-12(10)14(17)19-18;/h3*1-8,18H,(H,15,16);/q;;;+3/p-3. The Bertz CT molecular complexity index is 2270. The van der Waals surface area contributed by atoms with E-state index >= 15 is 0 Å². The lowest BCUT2D eigenvalue weighted by Crippen LogP contribution is -2.35. The summed E-state index contributed by atoms with van der Waals surface area (Å²) >= 11 is -4.32. The highest BCUT2D eigenvalue weighted by atomic mass is 27.3. The highest BCUT2D eigenvalue weighted by molar-refractivity contribution is 6.46. The minimum Gasteiger partial charge on any atom is -0.547 e. The van der Waals surface area contributed by atoms with Crippen LogP contribution in [0.5, 0.6) is 0 Å². The van der Waals surface area contributed by atoms with E-state index in [0.717, 1.165) is 0 Å². The van der Waals surface area contributed by atoms with Gasteiger partial charge < -0.3 is 11.4 Å². The van der Waals surface area contributed by atoms with Gasteiger partial charge in [-0.2, -0.15) is 15.8 Å². The van der Waals surface area contributed by atoms with Gasteiger partial charge in [0.15, 0.2) is 0 Å². The van der Waals surface area contributed by atoms with Crippen molar-refractivity contribution in [3.05, 3.63) is 179 Å². The van der Waals surface area contributed by atoms with Crippen molar-refractivity contribution in [1.29, 1.82) is 0 Å². The Morgan fingerprint density at radius 3 is 0.655 bits per heavy atom. The molecule has 0 aliphatic carbocycles. The van der Waals surface area contributed by atoms with E-state index in [1.165, 1.54) is 109 Å². The van der Waals surface area contributed by atoms with Crippen LogP contribution in [0, 0.1) is 0 Å². The molecule has 0 saturated carbocycles. The molecule has 3 N–H and O–H groups in total. The van der Waals surface area contributed by atoms with Crippen molar-refractivity contribution in [3.63, 3.8) is 0 Å². The van der Waals surface area contributed by atoms with Gasteiger partial charge in [-0.05, 0) is 69.8 Å². The summed E-state index contributed by atoms with van der Waals surface area (Å²) in [5.41, 5.74) is 0.0374. The molecule has 58 heavy (non-hydrogen) atoms. The molecule has 0 aromatic heterocycles. The van der Waals surface area contributed by atoms with Crippen molar-refractivity contribution in [2.24, 2.45) is 0 Å². The molecule has 6 rings (SSSR count). The van der Waals surface area contributed by atoms with E-state index in [1.54, 1.807) is 36.4 Å². The quantitative estimate of drug-likeness (QED) is 0.0474. The fourth-order valence-electron chi connectivity index (χ4n) is 6.05. The van der Waals surface area contributed by atoms with Crippen LogP contribution in [0.25, 0.3) is 33.4 Å². The molecule has 0 heterocycles. The van der Waals surface area contributed by atoms with Gasteiger partial charge in [-0.15, -0.1) is 0 Å². The highest BCUT2D eigenvalue weighted by Crippen LogP contribution is 2.32. The van der Waals surface area contributed by atoms with Gasteiger partial charge in [-0.1, -0.05) is 109 Å². The summed E-state index contributed by atoms with van der Waals surface area (Å²) in [4.78, 5) is 91.1. The van der Waals surface area contributed by atoms with E-state index in [9.17, 15) is 28.8 Å². The summed E-state index contributed by atoms with van der Waals surface area (Å²) in [6.07, 6.45) is 0.